The van der Waals surface area contributed by atoms with Crippen LogP contribution in [-0.2, 0) is 6.54 Å². The second kappa shape index (κ2) is 7.90. The standard InChI is InChI=1S/C22H21N5O3/c1-3-4-11-27-22(30)15-8-6-5-7-14(15)19(26-27)21(29)25-24-18-16-12-13(2)9-10-17(16)23-20(18)28/h5-10,12,23,28H,3-4,11H2,1-2H3. The summed E-state index contributed by atoms with van der Waals surface area (Å²) >= 11 is 0. The van der Waals surface area contributed by atoms with Gasteiger partial charge in [0.25, 0.3) is 5.56 Å². The molecule has 0 atom stereocenters. The van der Waals surface area contributed by atoms with Gasteiger partial charge in [-0.3, -0.25) is 9.59 Å². The number of aromatic amines is 1. The molecule has 0 saturated carbocycles. The Labute approximate surface area is 171 Å². The average molecular weight is 403 g/mol. The Kier molecular flexibility index (Phi) is 5.14. The summed E-state index contributed by atoms with van der Waals surface area (Å²) in [6.07, 6.45) is 1.66. The molecule has 4 rings (SSSR count). The molecule has 0 saturated heterocycles. The molecule has 4 aromatic rings. The number of unbranched alkanes of at least 4 members (excludes halogenated alkanes) is 1. The second-order valence-corrected chi connectivity index (χ2v) is 7.15. The number of fused-ring (bicyclic) bond motifs is 2. The summed E-state index contributed by atoms with van der Waals surface area (Å²) in [5, 5.41) is 23.8. The Balaban J connectivity index is 1.79. The Morgan fingerprint density at radius 2 is 1.93 bits per heavy atom. The van der Waals surface area contributed by atoms with Crippen molar-refractivity contribution < 1.29 is 9.90 Å². The number of benzene rings is 2. The first kappa shape index (κ1) is 19.5. The first-order valence-corrected chi connectivity index (χ1v) is 9.77. The second-order valence-electron chi connectivity index (χ2n) is 7.15. The minimum Gasteiger partial charge on any atom is -0.493 e. The van der Waals surface area contributed by atoms with Crippen LogP contribution in [0.1, 0.15) is 35.8 Å². The van der Waals surface area contributed by atoms with Crippen molar-refractivity contribution in [2.45, 2.75) is 33.2 Å². The van der Waals surface area contributed by atoms with E-state index in [0.29, 0.717) is 28.2 Å². The highest BCUT2D eigenvalue weighted by atomic mass is 16.3. The maximum absolute atomic E-state index is 12.9. The van der Waals surface area contributed by atoms with Crippen LogP contribution in [0.5, 0.6) is 5.88 Å². The summed E-state index contributed by atoms with van der Waals surface area (Å²) in [5.74, 6) is -0.851. The SMILES string of the molecule is CCCCn1nc(C(=O)N=Nc2c(O)[nH]c3ccc(C)cc23)c2ccccc2c1=O. The molecular weight excluding hydrogens is 382 g/mol. The van der Waals surface area contributed by atoms with Gasteiger partial charge < -0.3 is 10.1 Å². The lowest BCUT2D eigenvalue weighted by Gasteiger charge is -2.08. The van der Waals surface area contributed by atoms with Gasteiger partial charge in [-0.1, -0.05) is 43.2 Å². The van der Waals surface area contributed by atoms with Crippen LogP contribution in [0.15, 0.2) is 57.5 Å². The number of carbonyl (C=O) groups is 1. The van der Waals surface area contributed by atoms with Crippen LogP contribution in [0.2, 0.25) is 0 Å². The Hall–Kier alpha value is -3.81. The number of hydrogen-bond acceptors (Lipinski definition) is 5. The maximum atomic E-state index is 12.9. The van der Waals surface area contributed by atoms with Gasteiger partial charge in [-0.05, 0) is 31.5 Å². The van der Waals surface area contributed by atoms with Gasteiger partial charge >= 0.3 is 5.91 Å². The summed E-state index contributed by atoms with van der Waals surface area (Å²) in [7, 11) is 0. The van der Waals surface area contributed by atoms with Crippen LogP contribution in [-0.4, -0.2) is 25.8 Å². The van der Waals surface area contributed by atoms with Crippen LogP contribution in [0.3, 0.4) is 0 Å². The van der Waals surface area contributed by atoms with Crippen molar-refractivity contribution in [3.05, 3.63) is 64.1 Å². The molecule has 2 aromatic heterocycles. The molecule has 2 N–H and O–H groups in total. The van der Waals surface area contributed by atoms with E-state index in [0.717, 1.165) is 18.4 Å². The topological polar surface area (TPSA) is 113 Å². The number of rotatable bonds is 5. The van der Waals surface area contributed by atoms with E-state index in [-0.39, 0.29) is 22.8 Å². The normalized spacial score (nSPS) is 11.7. The Morgan fingerprint density at radius 1 is 1.17 bits per heavy atom. The fourth-order valence-corrected chi connectivity index (χ4v) is 3.37. The van der Waals surface area contributed by atoms with Crippen LogP contribution < -0.4 is 5.56 Å². The molecule has 0 aliphatic carbocycles. The van der Waals surface area contributed by atoms with E-state index >= 15 is 0 Å². The van der Waals surface area contributed by atoms with Gasteiger partial charge in [0.1, 0.15) is 0 Å². The predicted octanol–water partition coefficient (Wildman–Crippen LogP) is 4.62. The third-order valence-electron chi connectivity index (χ3n) is 4.94. The number of carbonyl (C=O) groups excluding carboxylic acids is 1. The first-order valence-electron chi connectivity index (χ1n) is 9.77. The third-order valence-corrected chi connectivity index (χ3v) is 4.94. The van der Waals surface area contributed by atoms with Gasteiger partial charge in [-0.25, -0.2) is 4.68 Å². The van der Waals surface area contributed by atoms with E-state index in [9.17, 15) is 14.7 Å². The molecule has 8 heteroatoms. The Morgan fingerprint density at radius 3 is 2.70 bits per heavy atom. The minimum absolute atomic E-state index is 0.0561. The number of aromatic nitrogens is 3. The number of amides is 1. The van der Waals surface area contributed by atoms with Crippen LogP contribution in [0.25, 0.3) is 21.7 Å². The molecule has 30 heavy (non-hydrogen) atoms. The molecule has 0 spiro atoms. The monoisotopic (exact) mass is 403 g/mol. The Bertz CT molecular complexity index is 1350. The first-order chi connectivity index (χ1) is 14.5. The van der Waals surface area contributed by atoms with Gasteiger partial charge in [0, 0.05) is 17.3 Å². The molecular formula is C22H21N5O3. The number of aryl methyl sites for hydroxylation is 2. The van der Waals surface area contributed by atoms with Crippen molar-refractivity contribution in [2.24, 2.45) is 10.2 Å². The van der Waals surface area contributed by atoms with Crippen LogP contribution >= 0.6 is 0 Å². The molecule has 0 fully saturated rings. The molecule has 0 aliphatic heterocycles. The summed E-state index contributed by atoms with van der Waals surface area (Å²) < 4.78 is 1.31. The van der Waals surface area contributed by atoms with E-state index in [2.05, 4.69) is 20.3 Å². The highest BCUT2D eigenvalue weighted by Gasteiger charge is 2.17. The molecule has 152 valence electrons. The average Bonchev–Trinajstić information content (AvgIpc) is 3.06. The largest absolute Gasteiger partial charge is 0.493 e. The van der Waals surface area contributed by atoms with Crippen LogP contribution in [0, 0.1) is 6.92 Å². The summed E-state index contributed by atoms with van der Waals surface area (Å²) in [5.41, 5.74) is 1.68. The van der Waals surface area contributed by atoms with Gasteiger partial charge in [0.2, 0.25) is 5.88 Å². The van der Waals surface area contributed by atoms with Gasteiger partial charge in [-0.2, -0.15) is 5.10 Å². The molecule has 8 nitrogen and oxygen atoms in total. The number of nitrogens with zero attached hydrogens (tertiary/aromatic N) is 4. The van der Waals surface area contributed by atoms with Crippen molar-refractivity contribution >= 4 is 33.3 Å². The molecule has 0 radical (unpaired) electrons. The zero-order chi connectivity index (χ0) is 21.3. The summed E-state index contributed by atoms with van der Waals surface area (Å²) in [6, 6.07) is 12.4. The van der Waals surface area contributed by atoms with E-state index in [4.69, 9.17) is 0 Å². The molecule has 2 aromatic carbocycles. The third kappa shape index (κ3) is 3.47. The lowest BCUT2D eigenvalue weighted by atomic mass is 10.1. The number of nitrogens with one attached hydrogen (secondary N) is 1. The molecule has 0 aliphatic rings. The van der Waals surface area contributed by atoms with E-state index in [1.54, 1.807) is 24.3 Å². The molecule has 2 heterocycles. The number of hydrogen-bond donors (Lipinski definition) is 2. The fraction of sp³-hybridized carbons (Fsp3) is 0.227. The van der Waals surface area contributed by atoms with Crippen molar-refractivity contribution in [3.8, 4) is 5.88 Å². The van der Waals surface area contributed by atoms with Crippen molar-refractivity contribution in [2.75, 3.05) is 0 Å². The number of aromatic hydroxyl groups is 1. The number of H-pyrrole nitrogens is 1. The fourth-order valence-electron chi connectivity index (χ4n) is 3.37. The van der Waals surface area contributed by atoms with Crippen molar-refractivity contribution in [3.63, 3.8) is 0 Å². The summed E-state index contributed by atoms with van der Waals surface area (Å²) in [6.45, 7) is 4.35. The predicted molar refractivity (Wildman–Crippen MR) is 114 cm³/mol. The van der Waals surface area contributed by atoms with Crippen molar-refractivity contribution in [1.29, 1.82) is 0 Å². The van der Waals surface area contributed by atoms with Crippen molar-refractivity contribution in [1.82, 2.24) is 14.8 Å². The smallest absolute Gasteiger partial charge is 0.316 e. The van der Waals surface area contributed by atoms with Gasteiger partial charge in [0.05, 0.1) is 10.9 Å². The zero-order valence-corrected chi connectivity index (χ0v) is 16.7. The maximum Gasteiger partial charge on any atom is 0.316 e. The molecule has 1 amide bonds. The van der Waals surface area contributed by atoms with Gasteiger partial charge in [0.15, 0.2) is 11.4 Å². The molecule has 0 bridgehead atoms. The lowest BCUT2D eigenvalue weighted by Crippen LogP contribution is -2.25. The van der Waals surface area contributed by atoms with Gasteiger partial charge in [-0.15, -0.1) is 10.2 Å². The summed E-state index contributed by atoms with van der Waals surface area (Å²) in [4.78, 5) is 28.4. The highest BCUT2D eigenvalue weighted by Crippen LogP contribution is 2.36. The van der Waals surface area contributed by atoms with E-state index in [1.807, 2.05) is 32.0 Å². The van der Waals surface area contributed by atoms with E-state index in [1.165, 1.54) is 4.68 Å². The zero-order valence-electron chi connectivity index (χ0n) is 16.7. The van der Waals surface area contributed by atoms with E-state index < -0.39 is 5.91 Å². The minimum atomic E-state index is -0.683. The quantitative estimate of drug-likeness (QED) is 0.474. The molecule has 0 unspecified atom stereocenters. The number of azo groups is 1. The van der Waals surface area contributed by atoms with Crippen LogP contribution in [0.4, 0.5) is 5.69 Å². The highest BCUT2D eigenvalue weighted by molar-refractivity contribution is 6.05. The lowest BCUT2D eigenvalue weighted by molar-refractivity contribution is 0.0989.